The molecular formula is C39H67N2O7P. The lowest BCUT2D eigenvalue weighted by molar-refractivity contribution is -0.697. The Bertz CT molecular complexity index is 1230. The van der Waals surface area contributed by atoms with Crippen molar-refractivity contribution >= 4 is 13.9 Å². The maximum absolute atomic E-state index is 12.7. The minimum Gasteiger partial charge on any atom is -0.870 e. The normalized spacial score (nSPS) is 34.8. The van der Waals surface area contributed by atoms with E-state index in [9.17, 15) is 14.3 Å². The molecule has 0 aromatic carbocycles. The molecule has 49 heavy (non-hydrogen) atoms. The molecule has 280 valence electrons. The number of pyridine rings is 1. The number of fused-ring (bicyclic) bond motifs is 5. The molecule has 1 heterocycles. The van der Waals surface area contributed by atoms with Crippen LogP contribution in [0.3, 0.4) is 0 Å². The summed E-state index contributed by atoms with van der Waals surface area (Å²) in [5.74, 6) is 6.48. The van der Waals surface area contributed by atoms with Crippen molar-refractivity contribution in [1.82, 2.24) is 5.32 Å². The summed E-state index contributed by atoms with van der Waals surface area (Å²) < 4.78 is 30.0. The fourth-order valence-corrected chi connectivity index (χ4v) is 12.1. The van der Waals surface area contributed by atoms with E-state index in [1.54, 1.807) is 0 Å². The van der Waals surface area contributed by atoms with E-state index in [0.29, 0.717) is 23.3 Å². The summed E-state index contributed by atoms with van der Waals surface area (Å²) in [7, 11) is -4.20. The highest BCUT2D eigenvalue weighted by Crippen LogP contribution is 2.68. The van der Waals surface area contributed by atoms with Gasteiger partial charge in [0.1, 0.15) is 12.7 Å². The van der Waals surface area contributed by atoms with E-state index < -0.39 is 13.9 Å². The highest BCUT2D eigenvalue weighted by Gasteiger charge is 2.60. The summed E-state index contributed by atoms with van der Waals surface area (Å²) in [6.07, 6.45) is 18.4. The highest BCUT2D eigenvalue weighted by molar-refractivity contribution is 7.47. The van der Waals surface area contributed by atoms with Crippen LogP contribution in [0.25, 0.3) is 0 Å². The van der Waals surface area contributed by atoms with E-state index in [4.69, 9.17) is 13.8 Å². The molecule has 4 aliphatic rings. The molecular weight excluding hydrogens is 639 g/mol. The van der Waals surface area contributed by atoms with Gasteiger partial charge in [0, 0.05) is 18.7 Å². The maximum Gasteiger partial charge on any atom is 0.472 e. The molecule has 1 amide bonds. The Morgan fingerprint density at radius 1 is 0.939 bits per heavy atom. The molecule has 11 atom stereocenters. The van der Waals surface area contributed by atoms with Gasteiger partial charge in [-0.1, -0.05) is 60.5 Å². The summed E-state index contributed by atoms with van der Waals surface area (Å²) in [6, 6.07) is 5.66. The SMILES string of the molecule is CC[C@H](CC[C@@H](C)[C@H]1CC[C@H]2[C@@H]3CC[C@H]4C[C@@H](OC(=O)NCCOP(=O)(O)OCC[n+]5ccccc5)CC[C@]4(C)[C@H]3CC[C@]12C)C(C)C.[OH-]. The van der Waals surface area contributed by atoms with Gasteiger partial charge < -0.3 is 20.4 Å². The smallest absolute Gasteiger partial charge is 0.472 e. The van der Waals surface area contributed by atoms with Crippen LogP contribution in [0.5, 0.6) is 0 Å². The monoisotopic (exact) mass is 706 g/mol. The number of alkyl carbamates (subject to hydrolysis) is 1. The lowest BCUT2D eigenvalue weighted by Crippen LogP contribution is -2.54. The molecule has 0 radical (unpaired) electrons. The molecule has 3 N–H and O–H groups in total. The average molecular weight is 707 g/mol. The molecule has 4 fully saturated rings. The number of amides is 1. The number of nitrogens with zero attached hydrogens (tertiary/aromatic N) is 1. The first kappa shape index (κ1) is 40.3. The lowest BCUT2D eigenvalue weighted by Gasteiger charge is -2.61. The first-order chi connectivity index (χ1) is 22.9. The minimum absolute atomic E-state index is 0. The van der Waals surface area contributed by atoms with Crippen molar-refractivity contribution in [3.63, 3.8) is 0 Å². The van der Waals surface area contributed by atoms with Gasteiger partial charge in [0.25, 0.3) is 0 Å². The molecule has 4 aliphatic carbocycles. The summed E-state index contributed by atoms with van der Waals surface area (Å²) in [5, 5.41) is 2.70. The van der Waals surface area contributed by atoms with Crippen LogP contribution in [-0.2, 0) is 24.9 Å². The van der Waals surface area contributed by atoms with Crippen LogP contribution in [0, 0.1) is 58.2 Å². The Hall–Kier alpha value is -1.51. The van der Waals surface area contributed by atoms with Gasteiger partial charge in [-0.05, 0) is 122 Å². The van der Waals surface area contributed by atoms with Gasteiger partial charge in [-0.25, -0.2) is 13.9 Å². The number of hydrogen-bond donors (Lipinski definition) is 2. The molecule has 10 heteroatoms. The Balaban J connectivity index is 0.00000541. The van der Waals surface area contributed by atoms with E-state index in [2.05, 4.69) is 46.9 Å². The topological polar surface area (TPSA) is 128 Å². The number of hydrogen-bond acceptors (Lipinski definition) is 6. The second-order valence-corrected chi connectivity index (χ2v) is 18.3. The lowest BCUT2D eigenvalue weighted by atomic mass is 9.44. The van der Waals surface area contributed by atoms with Gasteiger partial charge in [0.05, 0.1) is 6.61 Å². The second kappa shape index (κ2) is 17.3. The number of aromatic nitrogens is 1. The van der Waals surface area contributed by atoms with Gasteiger partial charge in [-0.2, -0.15) is 0 Å². The number of rotatable bonds is 15. The fraction of sp³-hybridized carbons (Fsp3) is 0.846. The van der Waals surface area contributed by atoms with Gasteiger partial charge >= 0.3 is 13.9 Å². The van der Waals surface area contributed by atoms with E-state index >= 15 is 0 Å². The van der Waals surface area contributed by atoms with E-state index in [1.807, 2.05) is 35.2 Å². The van der Waals surface area contributed by atoms with Gasteiger partial charge in [0.2, 0.25) is 0 Å². The van der Waals surface area contributed by atoms with Crippen molar-refractivity contribution in [3.05, 3.63) is 30.6 Å². The van der Waals surface area contributed by atoms with Crippen LogP contribution < -0.4 is 9.88 Å². The number of nitrogens with one attached hydrogen (secondary N) is 1. The van der Waals surface area contributed by atoms with Crippen LogP contribution in [0.15, 0.2) is 30.6 Å². The Kier molecular flexibility index (Phi) is 14.2. The van der Waals surface area contributed by atoms with Crippen molar-refractivity contribution in [2.45, 2.75) is 131 Å². The van der Waals surface area contributed by atoms with Crippen molar-refractivity contribution in [2.24, 2.45) is 58.2 Å². The summed E-state index contributed by atoms with van der Waals surface area (Å²) in [4.78, 5) is 22.6. The molecule has 0 spiro atoms. The molecule has 1 aromatic heterocycles. The zero-order valence-electron chi connectivity index (χ0n) is 31.2. The van der Waals surface area contributed by atoms with Crippen molar-refractivity contribution in [2.75, 3.05) is 19.8 Å². The molecule has 4 saturated carbocycles. The quantitative estimate of drug-likeness (QED) is 0.106. The van der Waals surface area contributed by atoms with Crippen LogP contribution in [0.2, 0.25) is 0 Å². The summed E-state index contributed by atoms with van der Waals surface area (Å²) in [6.45, 7) is 15.4. The molecule has 5 rings (SSSR count). The number of phosphoric acid groups is 1. The van der Waals surface area contributed by atoms with Gasteiger partial charge in [-0.15, -0.1) is 0 Å². The van der Waals surface area contributed by atoms with Crippen molar-refractivity contribution in [3.8, 4) is 0 Å². The molecule has 0 aliphatic heterocycles. The predicted molar refractivity (Wildman–Crippen MR) is 191 cm³/mol. The number of ether oxygens (including phenoxy) is 1. The third-order valence-corrected chi connectivity index (χ3v) is 15.1. The summed E-state index contributed by atoms with van der Waals surface area (Å²) >= 11 is 0. The second-order valence-electron chi connectivity index (χ2n) is 16.8. The molecule has 9 nitrogen and oxygen atoms in total. The molecule has 0 bridgehead atoms. The van der Waals surface area contributed by atoms with Crippen LogP contribution >= 0.6 is 7.82 Å². The van der Waals surface area contributed by atoms with Gasteiger partial charge in [0.15, 0.2) is 18.9 Å². The Morgan fingerprint density at radius 2 is 1.63 bits per heavy atom. The van der Waals surface area contributed by atoms with Crippen LogP contribution in [-0.4, -0.2) is 42.3 Å². The third-order valence-electron chi connectivity index (χ3n) is 14.1. The third kappa shape index (κ3) is 9.49. The molecule has 0 saturated heterocycles. The van der Waals surface area contributed by atoms with Crippen molar-refractivity contribution < 1.29 is 38.1 Å². The number of carbonyl (C=O) groups excluding carboxylic acids is 1. The minimum atomic E-state index is -4.20. The first-order valence-corrected chi connectivity index (χ1v) is 20.9. The van der Waals surface area contributed by atoms with Gasteiger partial charge in [-0.3, -0.25) is 9.05 Å². The largest absolute Gasteiger partial charge is 0.870 e. The van der Waals surface area contributed by atoms with Crippen LogP contribution in [0.4, 0.5) is 4.79 Å². The molecule has 1 unspecified atom stereocenters. The fourth-order valence-electron chi connectivity index (χ4n) is 11.4. The van der Waals surface area contributed by atoms with E-state index in [-0.39, 0.29) is 31.3 Å². The Morgan fingerprint density at radius 3 is 2.35 bits per heavy atom. The maximum atomic E-state index is 12.7. The predicted octanol–water partition coefficient (Wildman–Crippen LogP) is 8.78. The Labute approximate surface area is 296 Å². The van der Waals surface area contributed by atoms with Crippen molar-refractivity contribution in [1.29, 1.82) is 0 Å². The zero-order chi connectivity index (χ0) is 34.5. The molecule has 1 aromatic rings. The van der Waals surface area contributed by atoms with E-state index in [1.165, 1.54) is 57.8 Å². The number of phosphoric ester groups is 1. The summed E-state index contributed by atoms with van der Waals surface area (Å²) in [5.41, 5.74) is 0.841. The standard InChI is InChI=1S/C39H65N2O6P.H2O/c1-7-30(28(2)3)12-11-29(4)34-15-16-35-33-14-13-31-27-32(17-19-38(31,5)36(33)18-20-39(34,35)6)47-37(42)40-21-25-45-48(43,44)46-26-24-41-22-9-8-10-23-41;/h8-10,22-23,28-36H,7,11-21,24-27H2,1-6H3,(H-,40,42,43,44);1H2/t29-,30-,31+,32+,33+,34-,35+,36+,38+,39-;/m1./s1. The van der Waals surface area contributed by atoms with E-state index in [0.717, 1.165) is 60.7 Å². The van der Waals surface area contributed by atoms with Crippen LogP contribution in [0.1, 0.15) is 119 Å². The first-order valence-electron chi connectivity index (χ1n) is 19.4. The number of carbonyl (C=O) groups is 1. The average Bonchev–Trinajstić information content (AvgIpc) is 3.41. The highest BCUT2D eigenvalue weighted by atomic mass is 31.2. The zero-order valence-corrected chi connectivity index (χ0v) is 32.1.